The lowest BCUT2D eigenvalue weighted by molar-refractivity contribution is -0.126. The van der Waals surface area contributed by atoms with Crippen molar-refractivity contribution in [3.8, 4) is 5.75 Å². The molecule has 1 saturated heterocycles. The van der Waals surface area contributed by atoms with Gasteiger partial charge in [0.15, 0.2) is 0 Å². The highest BCUT2D eigenvalue weighted by Crippen LogP contribution is 2.22. The van der Waals surface area contributed by atoms with Crippen LogP contribution in [0.3, 0.4) is 0 Å². The molecule has 2 rings (SSSR count). The summed E-state index contributed by atoms with van der Waals surface area (Å²) in [5.41, 5.74) is 0.658. The predicted molar refractivity (Wildman–Crippen MR) is 99.4 cm³/mol. The monoisotopic (exact) mass is 384 g/mol. The number of aliphatic hydroxyl groups excluding tert-OH is 1. The number of carbonyl (C=O) groups excluding carboxylic acids is 1. The Morgan fingerprint density at radius 2 is 2.04 bits per heavy atom. The number of hydrogen-bond donors (Lipinski definition) is 2. The predicted octanol–water partition coefficient (Wildman–Crippen LogP) is 1.44. The van der Waals surface area contributed by atoms with Crippen LogP contribution in [0.25, 0.3) is 0 Å². The van der Waals surface area contributed by atoms with Gasteiger partial charge in [-0.3, -0.25) is 4.79 Å². The van der Waals surface area contributed by atoms with Gasteiger partial charge in [-0.1, -0.05) is 25.5 Å². The summed E-state index contributed by atoms with van der Waals surface area (Å²) in [5, 5.41) is 13.0. The summed E-state index contributed by atoms with van der Waals surface area (Å²) >= 11 is 0. The largest absolute Gasteiger partial charge is 0.497 e. The van der Waals surface area contributed by atoms with E-state index in [0.717, 1.165) is 12.8 Å². The van der Waals surface area contributed by atoms with E-state index in [9.17, 15) is 18.3 Å². The first-order chi connectivity index (χ1) is 12.4. The maximum Gasteiger partial charge on any atom is 0.238 e. The van der Waals surface area contributed by atoms with Gasteiger partial charge in [0.25, 0.3) is 0 Å². The number of ether oxygens (including phenoxy) is 1. The summed E-state index contributed by atoms with van der Waals surface area (Å²) in [6, 6.07) is 6.24. The maximum atomic E-state index is 12.5. The molecular weight excluding hydrogens is 356 g/mol. The smallest absolute Gasteiger partial charge is 0.238 e. The second-order valence-corrected chi connectivity index (χ2v) is 8.51. The van der Waals surface area contributed by atoms with Crippen molar-refractivity contribution in [1.29, 1.82) is 0 Å². The van der Waals surface area contributed by atoms with E-state index in [1.165, 1.54) is 4.31 Å². The average Bonchev–Trinajstić information content (AvgIpc) is 2.66. The topological polar surface area (TPSA) is 95.9 Å². The lowest BCUT2D eigenvalue weighted by Gasteiger charge is -2.33. The van der Waals surface area contributed by atoms with Crippen molar-refractivity contribution < 1.29 is 23.1 Å². The van der Waals surface area contributed by atoms with Gasteiger partial charge in [0.1, 0.15) is 11.8 Å². The Hall–Kier alpha value is -1.64. The highest BCUT2D eigenvalue weighted by molar-refractivity contribution is 7.89. The number of aliphatic hydroxyl groups is 1. The van der Waals surface area contributed by atoms with Gasteiger partial charge in [-0.15, -0.1) is 0 Å². The van der Waals surface area contributed by atoms with Crippen LogP contribution in [0.5, 0.6) is 5.75 Å². The van der Waals surface area contributed by atoms with E-state index in [-0.39, 0.29) is 18.2 Å². The standard InChI is InChI=1S/C18H28N2O5S/c1-3-12-26(23,24)20-11-5-4-6-16(20)18(22)19-13-17(21)14-7-9-15(25-2)10-8-14/h7-10,16-17,21H,3-6,11-13H2,1-2H3,(H,19,22). The number of rotatable bonds is 8. The molecule has 2 atom stereocenters. The van der Waals surface area contributed by atoms with E-state index in [1.54, 1.807) is 31.4 Å². The summed E-state index contributed by atoms with van der Waals surface area (Å²) in [6.45, 7) is 2.21. The minimum absolute atomic E-state index is 0.0311. The zero-order valence-electron chi connectivity index (χ0n) is 15.3. The molecule has 7 nitrogen and oxygen atoms in total. The molecule has 1 heterocycles. The van der Waals surface area contributed by atoms with Crippen LogP contribution in [0, 0.1) is 0 Å². The minimum Gasteiger partial charge on any atom is -0.497 e. The lowest BCUT2D eigenvalue weighted by atomic mass is 10.0. The van der Waals surface area contributed by atoms with Gasteiger partial charge in [-0.2, -0.15) is 4.31 Å². The van der Waals surface area contributed by atoms with Crippen LogP contribution in [0.15, 0.2) is 24.3 Å². The van der Waals surface area contributed by atoms with Gasteiger partial charge < -0.3 is 15.2 Å². The molecule has 0 aliphatic carbocycles. The summed E-state index contributed by atoms with van der Waals surface area (Å²) in [7, 11) is -1.87. The van der Waals surface area contributed by atoms with Crippen molar-refractivity contribution >= 4 is 15.9 Å². The van der Waals surface area contributed by atoms with Gasteiger partial charge in [0.05, 0.1) is 19.0 Å². The zero-order valence-corrected chi connectivity index (χ0v) is 16.2. The van der Waals surface area contributed by atoms with Crippen LogP contribution in [0.1, 0.15) is 44.3 Å². The number of amides is 1. The normalized spacial score (nSPS) is 19.7. The molecule has 0 bridgehead atoms. The molecule has 1 fully saturated rings. The fourth-order valence-corrected chi connectivity index (χ4v) is 4.88. The number of hydrogen-bond acceptors (Lipinski definition) is 5. The highest BCUT2D eigenvalue weighted by Gasteiger charge is 2.36. The van der Waals surface area contributed by atoms with E-state index < -0.39 is 22.2 Å². The summed E-state index contributed by atoms with van der Waals surface area (Å²) in [5.74, 6) is 0.381. The fourth-order valence-electron chi connectivity index (χ4n) is 3.13. The Labute approximate surface area is 155 Å². The third-order valence-electron chi connectivity index (χ3n) is 4.55. The van der Waals surface area contributed by atoms with Crippen LogP contribution in [-0.4, -0.2) is 55.7 Å². The van der Waals surface area contributed by atoms with Crippen LogP contribution >= 0.6 is 0 Å². The third-order valence-corrected chi connectivity index (χ3v) is 6.62. The maximum absolute atomic E-state index is 12.5. The molecule has 0 spiro atoms. The number of methoxy groups -OCH3 is 1. The van der Waals surface area contributed by atoms with E-state index in [4.69, 9.17) is 4.74 Å². The van der Waals surface area contributed by atoms with E-state index in [1.807, 2.05) is 6.92 Å². The molecule has 0 saturated carbocycles. The van der Waals surface area contributed by atoms with Gasteiger partial charge in [0.2, 0.25) is 15.9 Å². The molecule has 0 aromatic heterocycles. The minimum atomic E-state index is -3.43. The molecule has 1 aromatic rings. The molecule has 2 unspecified atom stereocenters. The summed E-state index contributed by atoms with van der Waals surface area (Å²) in [6.07, 6.45) is 1.74. The van der Waals surface area contributed by atoms with Gasteiger partial charge >= 0.3 is 0 Å². The summed E-state index contributed by atoms with van der Waals surface area (Å²) < 4.78 is 31.2. The van der Waals surface area contributed by atoms with Crippen LogP contribution in [-0.2, 0) is 14.8 Å². The number of nitrogens with zero attached hydrogens (tertiary/aromatic N) is 1. The molecule has 26 heavy (non-hydrogen) atoms. The van der Waals surface area contributed by atoms with Crippen molar-refractivity contribution in [2.75, 3.05) is 26.0 Å². The number of sulfonamides is 1. The third kappa shape index (κ3) is 5.18. The van der Waals surface area contributed by atoms with E-state index in [2.05, 4.69) is 5.32 Å². The SMILES string of the molecule is CCCS(=O)(=O)N1CCCCC1C(=O)NCC(O)c1ccc(OC)cc1. The van der Waals surface area contributed by atoms with Crippen molar-refractivity contribution in [1.82, 2.24) is 9.62 Å². The quantitative estimate of drug-likeness (QED) is 0.707. The second-order valence-electron chi connectivity index (χ2n) is 6.47. The molecule has 146 valence electrons. The Bertz CT molecular complexity index is 690. The molecule has 8 heteroatoms. The number of benzene rings is 1. The Morgan fingerprint density at radius 3 is 2.65 bits per heavy atom. The molecular formula is C18H28N2O5S. The number of piperidine rings is 1. The van der Waals surface area contributed by atoms with Crippen LogP contribution < -0.4 is 10.1 Å². The van der Waals surface area contributed by atoms with Crippen molar-refractivity contribution in [2.45, 2.75) is 44.8 Å². The van der Waals surface area contributed by atoms with Crippen molar-refractivity contribution in [2.24, 2.45) is 0 Å². The van der Waals surface area contributed by atoms with Crippen LogP contribution in [0.2, 0.25) is 0 Å². The molecule has 1 amide bonds. The first-order valence-corrected chi connectivity index (χ1v) is 10.6. The summed E-state index contributed by atoms with van der Waals surface area (Å²) in [4.78, 5) is 12.5. The van der Waals surface area contributed by atoms with Gasteiger partial charge in [0, 0.05) is 13.1 Å². The first-order valence-electron chi connectivity index (χ1n) is 8.98. The highest BCUT2D eigenvalue weighted by atomic mass is 32.2. The molecule has 1 aliphatic rings. The molecule has 1 aliphatic heterocycles. The van der Waals surface area contributed by atoms with Crippen molar-refractivity contribution in [3.63, 3.8) is 0 Å². The van der Waals surface area contributed by atoms with Crippen LogP contribution in [0.4, 0.5) is 0 Å². The molecule has 2 N–H and O–H groups in total. The average molecular weight is 384 g/mol. The Morgan fingerprint density at radius 1 is 1.35 bits per heavy atom. The van der Waals surface area contributed by atoms with E-state index in [0.29, 0.717) is 30.7 Å². The second kappa shape index (κ2) is 9.34. The number of nitrogens with one attached hydrogen (secondary N) is 1. The Kier molecular flexibility index (Phi) is 7.43. The molecule has 1 aromatic carbocycles. The number of carbonyl (C=O) groups is 1. The lowest BCUT2D eigenvalue weighted by Crippen LogP contribution is -2.52. The Balaban J connectivity index is 1.98. The fraction of sp³-hybridized carbons (Fsp3) is 0.611. The van der Waals surface area contributed by atoms with E-state index >= 15 is 0 Å². The van der Waals surface area contributed by atoms with Crippen molar-refractivity contribution in [3.05, 3.63) is 29.8 Å². The van der Waals surface area contributed by atoms with Gasteiger partial charge in [-0.05, 0) is 37.0 Å². The zero-order chi connectivity index (χ0) is 19.2. The first kappa shape index (κ1) is 20.7. The van der Waals surface area contributed by atoms with Gasteiger partial charge in [-0.25, -0.2) is 8.42 Å². The molecule has 0 radical (unpaired) electrons.